The standard InChI is InChI=1S/C41H28N4O/c1-41(2)31-16-10-9-15-30(31)35-32(41)23-21-25-22-24-33-36(34(25)35)46-40(42-33)29-19-17-28(18-20-29)39-44-37(26-11-5-3-6-12-26)43-38(45-39)27-13-7-4-8-14-27/h3-24H,1-2H3. The lowest BCUT2D eigenvalue weighted by molar-refractivity contribution is 0.623. The number of benzene rings is 6. The minimum absolute atomic E-state index is 0.0866. The molecule has 46 heavy (non-hydrogen) atoms. The molecular weight excluding hydrogens is 564 g/mol. The van der Waals surface area contributed by atoms with Gasteiger partial charge in [-0.05, 0) is 45.8 Å². The molecule has 0 bridgehead atoms. The minimum Gasteiger partial charge on any atom is -0.435 e. The maximum absolute atomic E-state index is 6.62. The number of fused-ring (bicyclic) bond motifs is 7. The van der Waals surface area contributed by atoms with E-state index >= 15 is 0 Å². The zero-order chi connectivity index (χ0) is 30.8. The van der Waals surface area contributed by atoms with Gasteiger partial charge in [0, 0.05) is 33.1 Å². The Kier molecular flexibility index (Phi) is 5.78. The third kappa shape index (κ3) is 4.09. The summed E-state index contributed by atoms with van der Waals surface area (Å²) in [7, 11) is 0. The molecule has 2 heterocycles. The van der Waals surface area contributed by atoms with E-state index in [0.29, 0.717) is 23.4 Å². The zero-order valence-corrected chi connectivity index (χ0v) is 25.4. The molecule has 0 spiro atoms. The summed E-state index contributed by atoms with van der Waals surface area (Å²) in [4.78, 5) is 19.5. The van der Waals surface area contributed by atoms with E-state index in [-0.39, 0.29) is 5.41 Å². The molecule has 0 fully saturated rings. The monoisotopic (exact) mass is 592 g/mol. The molecule has 218 valence electrons. The fourth-order valence-corrected chi connectivity index (χ4v) is 6.81. The summed E-state index contributed by atoms with van der Waals surface area (Å²) in [6.45, 7) is 4.60. The summed E-state index contributed by atoms with van der Waals surface area (Å²) in [6.07, 6.45) is 0. The molecule has 0 saturated heterocycles. The Bertz CT molecular complexity index is 2370. The largest absolute Gasteiger partial charge is 0.435 e. The van der Waals surface area contributed by atoms with Crippen molar-refractivity contribution in [1.82, 2.24) is 19.9 Å². The molecular formula is C41H28N4O. The van der Waals surface area contributed by atoms with Gasteiger partial charge in [0.1, 0.15) is 5.52 Å². The van der Waals surface area contributed by atoms with Crippen LogP contribution in [0.25, 0.3) is 78.6 Å². The predicted molar refractivity (Wildman–Crippen MR) is 184 cm³/mol. The summed E-state index contributed by atoms with van der Waals surface area (Å²) < 4.78 is 6.62. The molecule has 0 aliphatic heterocycles. The number of aromatic nitrogens is 4. The molecule has 5 heteroatoms. The third-order valence-corrected chi connectivity index (χ3v) is 9.17. The molecule has 0 atom stereocenters. The van der Waals surface area contributed by atoms with E-state index in [1.54, 1.807) is 0 Å². The zero-order valence-electron chi connectivity index (χ0n) is 25.4. The van der Waals surface area contributed by atoms with Gasteiger partial charge in [0.25, 0.3) is 0 Å². The van der Waals surface area contributed by atoms with Crippen LogP contribution in [-0.2, 0) is 5.41 Å². The Balaban J connectivity index is 1.15. The first-order chi connectivity index (χ1) is 22.5. The summed E-state index contributed by atoms with van der Waals surface area (Å²) >= 11 is 0. The second-order valence-corrected chi connectivity index (χ2v) is 12.3. The van der Waals surface area contributed by atoms with Crippen molar-refractivity contribution in [1.29, 1.82) is 0 Å². The molecule has 2 aromatic heterocycles. The second-order valence-electron chi connectivity index (χ2n) is 12.3. The number of hydrogen-bond donors (Lipinski definition) is 0. The van der Waals surface area contributed by atoms with Crippen molar-refractivity contribution in [2.75, 3.05) is 0 Å². The fraction of sp³-hybridized carbons (Fsp3) is 0.0732. The molecule has 1 aliphatic carbocycles. The van der Waals surface area contributed by atoms with Crippen molar-refractivity contribution < 1.29 is 4.42 Å². The topological polar surface area (TPSA) is 64.7 Å². The predicted octanol–water partition coefficient (Wildman–Crippen LogP) is 10.1. The summed E-state index contributed by atoms with van der Waals surface area (Å²) in [6, 6.07) is 45.5. The Hall–Kier alpha value is -5.94. The van der Waals surface area contributed by atoms with Crippen molar-refractivity contribution in [3.8, 4) is 56.7 Å². The Morgan fingerprint density at radius 3 is 1.67 bits per heavy atom. The van der Waals surface area contributed by atoms with Crippen molar-refractivity contribution in [3.63, 3.8) is 0 Å². The van der Waals surface area contributed by atoms with Gasteiger partial charge in [-0.3, -0.25) is 0 Å². The quantitative estimate of drug-likeness (QED) is 0.203. The van der Waals surface area contributed by atoms with Crippen LogP contribution in [0.15, 0.2) is 138 Å². The summed E-state index contributed by atoms with van der Waals surface area (Å²) in [5, 5.41) is 2.27. The van der Waals surface area contributed by atoms with E-state index in [9.17, 15) is 0 Å². The molecule has 8 aromatic rings. The Morgan fingerprint density at radius 1 is 0.478 bits per heavy atom. The molecule has 0 N–H and O–H groups in total. The average molecular weight is 593 g/mol. The molecule has 0 amide bonds. The highest BCUT2D eigenvalue weighted by Crippen LogP contribution is 2.52. The van der Waals surface area contributed by atoms with E-state index in [2.05, 4.69) is 62.4 Å². The van der Waals surface area contributed by atoms with Gasteiger partial charge >= 0.3 is 0 Å². The van der Waals surface area contributed by atoms with Crippen LogP contribution in [0.1, 0.15) is 25.0 Å². The van der Waals surface area contributed by atoms with E-state index in [1.807, 2.05) is 84.9 Å². The van der Waals surface area contributed by atoms with Crippen LogP contribution >= 0.6 is 0 Å². The van der Waals surface area contributed by atoms with Crippen LogP contribution in [0.5, 0.6) is 0 Å². The fourth-order valence-electron chi connectivity index (χ4n) is 6.81. The van der Waals surface area contributed by atoms with Crippen molar-refractivity contribution in [2.24, 2.45) is 0 Å². The van der Waals surface area contributed by atoms with Crippen LogP contribution in [-0.4, -0.2) is 19.9 Å². The maximum Gasteiger partial charge on any atom is 0.227 e. The van der Waals surface area contributed by atoms with Crippen molar-refractivity contribution in [2.45, 2.75) is 19.3 Å². The SMILES string of the molecule is CC1(C)c2ccccc2-c2c1ccc1ccc3nc(-c4ccc(-c5nc(-c6ccccc6)nc(-c6ccccc6)n5)cc4)oc3c21. The van der Waals surface area contributed by atoms with E-state index in [4.69, 9.17) is 24.4 Å². The molecule has 1 aliphatic rings. The molecule has 0 saturated carbocycles. The van der Waals surface area contributed by atoms with Gasteiger partial charge in [0.2, 0.25) is 5.89 Å². The van der Waals surface area contributed by atoms with Gasteiger partial charge in [-0.25, -0.2) is 19.9 Å². The maximum atomic E-state index is 6.62. The van der Waals surface area contributed by atoms with E-state index in [1.165, 1.54) is 22.3 Å². The number of oxazole rings is 1. The van der Waals surface area contributed by atoms with Gasteiger partial charge in [-0.1, -0.05) is 129 Å². The lowest BCUT2D eigenvalue weighted by Crippen LogP contribution is -2.14. The first kappa shape index (κ1) is 26.5. The molecule has 9 rings (SSSR count). The lowest BCUT2D eigenvalue weighted by atomic mass is 9.82. The van der Waals surface area contributed by atoms with Gasteiger partial charge in [0.05, 0.1) is 0 Å². The van der Waals surface area contributed by atoms with Gasteiger partial charge in [0.15, 0.2) is 23.1 Å². The number of nitrogens with zero attached hydrogens (tertiary/aromatic N) is 4. The van der Waals surface area contributed by atoms with Crippen LogP contribution < -0.4 is 0 Å². The molecule has 6 aromatic carbocycles. The van der Waals surface area contributed by atoms with E-state index < -0.39 is 0 Å². The van der Waals surface area contributed by atoms with E-state index in [0.717, 1.165) is 44.1 Å². The van der Waals surface area contributed by atoms with Crippen LogP contribution in [0.2, 0.25) is 0 Å². The highest BCUT2D eigenvalue weighted by atomic mass is 16.3. The first-order valence-corrected chi connectivity index (χ1v) is 15.5. The van der Waals surface area contributed by atoms with Crippen LogP contribution in [0, 0.1) is 0 Å². The Morgan fingerprint density at radius 2 is 1.02 bits per heavy atom. The number of rotatable bonds is 4. The average Bonchev–Trinajstić information content (AvgIpc) is 3.66. The summed E-state index contributed by atoms with van der Waals surface area (Å²) in [5.41, 5.74) is 10.4. The van der Waals surface area contributed by atoms with Crippen LogP contribution in [0.3, 0.4) is 0 Å². The van der Waals surface area contributed by atoms with Crippen molar-refractivity contribution in [3.05, 3.63) is 145 Å². The van der Waals surface area contributed by atoms with Crippen LogP contribution in [0.4, 0.5) is 0 Å². The normalized spacial score (nSPS) is 13.2. The highest BCUT2D eigenvalue weighted by Gasteiger charge is 2.36. The smallest absolute Gasteiger partial charge is 0.227 e. The third-order valence-electron chi connectivity index (χ3n) is 9.17. The number of hydrogen-bond acceptors (Lipinski definition) is 5. The Labute approximate surface area is 266 Å². The summed E-state index contributed by atoms with van der Waals surface area (Å²) in [5.74, 6) is 2.47. The van der Waals surface area contributed by atoms with Crippen molar-refractivity contribution >= 4 is 21.9 Å². The van der Waals surface area contributed by atoms with Gasteiger partial charge in [-0.2, -0.15) is 0 Å². The van der Waals surface area contributed by atoms with Gasteiger partial charge in [-0.15, -0.1) is 0 Å². The molecule has 0 radical (unpaired) electrons. The minimum atomic E-state index is -0.0866. The highest BCUT2D eigenvalue weighted by molar-refractivity contribution is 6.14. The lowest BCUT2D eigenvalue weighted by Gasteiger charge is -2.21. The molecule has 0 unspecified atom stereocenters. The first-order valence-electron chi connectivity index (χ1n) is 15.5. The van der Waals surface area contributed by atoms with Gasteiger partial charge < -0.3 is 4.42 Å². The molecule has 5 nitrogen and oxygen atoms in total. The second kappa shape index (κ2) is 10.0.